The van der Waals surface area contributed by atoms with Crippen LogP contribution >= 0.6 is 24.4 Å². The highest BCUT2D eigenvalue weighted by Gasteiger charge is 2.30. The zero-order chi connectivity index (χ0) is 21.4. The van der Waals surface area contributed by atoms with Crippen LogP contribution in [0.2, 0.25) is 0 Å². The molecule has 0 heterocycles. The van der Waals surface area contributed by atoms with Crippen molar-refractivity contribution in [1.29, 1.82) is 0 Å². The first-order valence-electron chi connectivity index (χ1n) is 7.87. The Morgan fingerprint density at radius 1 is 0.750 bits per heavy atom. The molecule has 154 valence electrons. The molecule has 1 aromatic rings. The van der Waals surface area contributed by atoms with Crippen molar-refractivity contribution in [3.8, 4) is 0 Å². The normalized spacial score (nSPS) is 11.9. The summed E-state index contributed by atoms with van der Waals surface area (Å²) in [7, 11) is 0. The van der Waals surface area contributed by atoms with Gasteiger partial charge >= 0.3 is 0 Å². The predicted molar refractivity (Wildman–Crippen MR) is 105 cm³/mol. The Labute approximate surface area is 168 Å². The SMILES string of the molecule is CCNC(=S)NN=C(C)C(=NNC(=S)NCC)c1c(F)c(F)c(F)c(F)c1F. The van der Waals surface area contributed by atoms with E-state index in [2.05, 4.69) is 31.7 Å². The van der Waals surface area contributed by atoms with Crippen molar-refractivity contribution in [1.82, 2.24) is 21.5 Å². The zero-order valence-electron chi connectivity index (χ0n) is 15.0. The standard InChI is InChI=1S/C15H17F5N6S2/c1-4-21-14(27)25-23-6(3)13(24-26-15(28)22-5-2)7-8(16)10(18)12(20)11(19)9(7)17/h4-5H2,1-3H3,(H2,21,25,27)(H2,22,26,28). The summed E-state index contributed by atoms with van der Waals surface area (Å²) in [6, 6.07) is 0. The molecular weight excluding hydrogens is 423 g/mol. The smallest absolute Gasteiger partial charge is 0.200 e. The number of hydrogen-bond donors (Lipinski definition) is 4. The van der Waals surface area contributed by atoms with E-state index in [9.17, 15) is 22.0 Å². The molecule has 0 aliphatic heterocycles. The maximum Gasteiger partial charge on any atom is 0.200 e. The maximum absolute atomic E-state index is 14.2. The van der Waals surface area contributed by atoms with E-state index in [-0.39, 0.29) is 15.9 Å². The van der Waals surface area contributed by atoms with Crippen LogP contribution < -0.4 is 21.5 Å². The summed E-state index contributed by atoms with van der Waals surface area (Å²) in [5.74, 6) is -10.6. The van der Waals surface area contributed by atoms with Crippen molar-refractivity contribution in [3.05, 3.63) is 34.6 Å². The lowest BCUT2D eigenvalue weighted by atomic mass is 10.0. The highest BCUT2D eigenvalue weighted by molar-refractivity contribution is 7.80. The van der Waals surface area contributed by atoms with E-state index in [0.717, 1.165) is 0 Å². The summed E-state index contributed by atoms with van der Waals surface area (Å²) in [5.41, 5.74) is 2.48. The van der Waals surface area contributed by atoms with E-state index in [0.29, 0.717) is 13.1 Å². The number of benzene rings is 1. The molecule has 1 rings (SSSR count). The number of halogens is 5. The molecule has 0 fully saturated rings. The Balaban J connectivity index is 3.48. The molecule has 28 heavy (non-hydrogen) atoms. The van der Waals surface area contributed by atoms with Gasteiger partial charge in [0.05, 0.1) is 11.3 Å². The molecule has 0 unspecified atom stereocenters. The Morgan fingerprint density at radius 2 is 1.14 bits per heavy atom. The molecule has 1 aromatic carbocycles. The molecule has 0 saturated heterocycles. The topological polar surface area (TPSA) is 72.8 Å². The highest BCUT2D eigenvalue weighted by atomic mass is 32.1. The first-order valence-corrected chi connectivity index (χ1v) is 8.69. The quantitative estimate of drug-likeness (QED) is 0.136. The van der Waals surface area contributed by atoms with E-state index < -0.39 is 40.4 Å². The molecule has 0 atom stereocenters. The predicted octanol–water partition coefficient (Wildman–Crippen LogP) is 2.43. The second-order valence-electron chi connectivity index (χ2n) is 5.05. The van der Waals surface area contributed by atoms with Crippen LogP contribution in [0, 0.1) is 29.1 Å². The summed E-state index contributed by atoms with van der Waals surface area (Å²) < 4.78 is 69.0. The molecular formula is C15H17F5N6S2. The van der Waals surface area contributed by atoms with Gasteiger partial charge in [0.2, 0.25) is 5.82 Å². The third-order valence-corrected chi connectivity index (χ3v) is 3.53. The number of nitrogens with zero attached hydrogens (tertiary/aromatic N) is 2. The first-order chi connectivity index (χ1) is 13.1. The van der Waals surface area contributed by atoms with Gasteiger partial charge in [-0.2, -0.15) is 10.2 Å². The van der Waals surface area contributed by atoms with Crippen LogP contribution in [0.4, 0.5) is 22.0 Å². The summed E-state index contributed by atoms with van der Waals surface area (Å²) in [6.45, 7) is 5.59. The highest BCUT2D eigenvalue weighted by Crippen LogP contribution is 2.24. The largest absolute Gasteiger partial charge is 0.362 e. The van der Waals surface area contributed by atoms with E-state index in [1.54, 1.807) is 13.8 Å². The third-order valence-electron chi connectivity index (χ3n) is 3.06. The van der Waals surface area contributed by atoms with Crippen LogP contribution in [-0.4, -0.2) is 34.7 Å². The molecule has 0 spiro atoms. The van der Waals surface area contributed by atoms with Crippen LogP contribution in [0.1, 0.15) is 26.3 Å². The fraction of sp³-hybridized carbons (Fsp3) is 0.333. The molecule has 0 radical (unpaired) electrons. The monoisotopic (exact) mass is 440 g/mol. The molecule has 4 N–H and O–H groups in total. The van der Waals surface area contributed by atoms with E-state index >= 15 is 0 Å². The molecule has 0 aliphatic rings. The lowest BCUT2D eigenvalue weighted by Gasteiger charge is -2.13. The van der Waals surface area contributed by atoms with Gasteiger partial charge in [-0.05, 0) is 45.2 Å². The van der Waals surface area contributed by atoms with Crippen molar-refractivity contribution >= 4 is 46.1 Å². The minimum atomic E-state index is -2.28. The van der Waals surface area contributed by atoms with Crippen LogP contribution in [0.3, 0.4) is 0 Å². The number of thiocarbonyl (C=S) groups is 2. The van der Waals surface area contributed by atoms with Crippen molar-refractivity contribution in [3.63, 3.8) is 0 Å². The minimum Gasteiger partial charge on any atom is -0.362 e. The number of rotatable bonds is 6. The molecule has 0 amide bonds. The van der Waals surface area contributed by atoms with Gasteiger partial charge in [0.1, 0.15) is 5.71 Å². The van der Waals surface area contributed by atoms with Gasteiger partial charge in [-0.25, -0.2) is 22.0 Å². The average molecular weight is 440 g/mol. The van der Waals surface area contributed by atoms with Crippen molar-refractivity contribution in [2.75, 3.05) is 13.1 Å². The summed E-state index contributed by atoms with van der Waals surface area (Å²) in [4.78, 5) is 0. The molecule has 0 aliphatic carbocycles. The molecule has 6 nitrogen and oxygen atoms in total. The van der Waals surface area contributed by atoms with Gasteiger partial charge in [-0.15, -0.1) is 0 Å². The Kier molecular flexibility index (Phi) is 9.12. The van der Waals surface area contributed by atoms with E-state index in [1.807, 2.05) is 0 Å². The van der Waals surface area contributed by atoms with E-state index in [1.165, 1.54) is 6.92 Å². The first kappa shape index (κ1) is 23.6. The minimum absolute atomic E-state index is 0.0344. The number of hydrazone groups is 2. The van der Waals surface area contributed by atoms with Crippen molar-refractivity contribution in [2.24, 2.45) is 10.2 Å². The number of hydrogen-bond acceptors (Lipinski definition) is 4. The lowest BCUT2D eigenvalue weighted by Crippen LogP contribution is -2.35. The van der Waals surface area contributed by atoms with Gasteiger partial charge in [-0.1, -0.05) is 0 Å². The van der Waals surface area contributed by atoms with Crippen molar-refractivity contribution in [2.45, 2.75) is 20.8 Å². The molecule has 0 aromatic heterocycles. The van der Waals surface area contributed by atoms with Gasteiger partial charge in [0, 0.05) is 13.1 Å². The summed E-state index contributed by atoms with van der Waals surface area (Å²) in [6.07, 6.45) is 0. The number of nitrogens with one attached hydrogen (secondary N) is 4. The molecule has 0 saturated carbocycles. The Morgan fingerprint density at radius 3 is 1.57 bits per heavy atom. The zero-order valence-corrected chi connectivity index (χ0v) is 16.6. The van der Waals surface area contributed by atoms with Crippen LogP contribution in [0.5, 0.6) is 0 Å². The second-order valence-corrected chi connectivity index (χ2v) is 5.86. The van der Waals surface area contributed by atoms with Crippen LogP contribution in [-0.2, 0) is 0 Å². The fourth-order valence-corrected chi connectivity index (χ4v) is 2.20. The molecule has 0 bridgehead atoms. The van der Waals surface area contributed by atoms with Gasteiger partial charge < -0.3 is 10.6 Å². The van der Waals surface area contributed by atoms with Crippen LogP contribution in [0.15, 0.2) is 10.2 Å². The van der Waals surface area contributed by atoms with E-state index in [4.69, 9.17) is 24.4 Å². The third kappa shape index (κ3) is 5.79. The molecule has 13 heteroatoms. The fourth-order valence-electron chi connectivity index (χ4n) is 1.82. The van der Waals surface area contributed by atoms with Gasteiger partial charge in [0.15, 0.2) is 33.5 Å². The second kappa shape index (κ2) is 10.8. The Bertz CT molecular complexity index is 799. The lowest BCUT2D eigenvalue weighted by molar-refractivity contribution is 0.377. The summed E-state index contributed by atoms with van der Waals surface area (Å²) in [5, 5.41) is 12.8. The Hall–Kier alpha value is -2.41. The van der Waals surface area contributed by atoms with Crippen molar-refractivity contribution < 1.29 is 22.0 Å². The van der Waals surface area contributed by atoms with Crippen LogP contribution in [0.25, 0.3) is 0 Å². The summed E-state index contributed by atoms with van der Waals surface area (Å²) >= 11 is 9.77. The maximum atomic E-state index is 14.2. The average Bonchev–Trinajstić information content (AvgIpc) is 2.66. The van der Waals surface area contributed by atoms with Gasteiger partial charge in [0.25, 0.3) is 0 Å². The van der Waals surface area contributed by atoms with Gasteiger partial charge in [-0.3, -0.25) is 10.9 Å².